The number of hydrogen-bond donors (Lipinski definition) is 2. The van der Waals surface area contributed by atoms with Crippen molar-refractivity contribution in [2.75, 3.05) is 26.1 Å². The molecule has 2 heterocycles. The van der Waals surface area contributed by atoms with Crippen molar-refractivity contribution < 1.29 is 9.47 Å². The van der Waals surface area contributed by atoms with Gasteiger partial charge in [-0.1, -0.05) is 0 Å². The number of ether oxygens (including phenoxy) is 2. The first-order valence-electron chi connectivity index (χ1n) is 8.28. The molecule has 1 atom stereocenters. The molecule has 0 spiro atoms. The summed E-state index contributed by atoms with van der Waals surface area (Å²) >= 11 is 0. The van der Waals surface area contributed by atoms with Crippen LogP contribution in [0.5, 0.6) is 11.5 Å². The second-order valence-electron chi connectivity index (χ2n) is 6.10. The van der Waals surface area contributed by atoms with E-state index in [4.69, 9.17) is 15.2 Å². The zero-order valence-corrected chi connectivity index (χ0v) is 17.6. The first kappa shape index (κ1) is 20.3. The van der Waals surface area contributed by atoms with Crippen LogP contribution in [-0.4, -0.2) is 41.5 Å². The summed E-state index contributed by atoms with van der Waals surface area (Å²) in [7, 11) is 3.21. The molecule has 3 N–H and O–H groups in total. The molecule has 2 aromatic rings. The fraction of sp³-hybridized carbons (Fsp3) is 0.471. The van der Waals surface area contributed by atoms with Gasteiger partial charge in [0.15, 0.2) is 17.5 Å². The van der Waals surface area contributed by atoms with Crippen molar-refractivity contribution in [1.29, 1.82) is 0 Å². The Morgan fingerprint density at radius 3 is 2.81 bits per heavy atom. The van der Waals surface area contributed by atoms with Gasteiger partial charge >= 0.3 is 0 Å². The van der Waals surface area contributed by atoms with Gasteiger partial charge in [0.25, 0.3) is 0 Å². The number of rotatable bonds is 5. The zero-order chi connectivity index (χ0) is 17.8. The summed E-state index contributed by atoms with van der Waals surface area (Å²) in [5, 5.41) is 11.4. The fourth-order valence-electron chi connectivity index (χ4n) is 3.01. The zero-order valence-electron chi connectivity index (χ0n) is 15.2. The predicted molar refractivity (Wildman–Crippen MR) is 112 cm³/mol. The number of aryl methyl sites for hydroxylation is 2. The lowest BCUT2D eigenvalue weighted by atomic mass is 9.99. The molecule has 9 heteroatoms. The van der Waals surface area contributed by atoms with Gasteiger partial charge in [0, 0.05) is 31.3 Å². The van der Waals surface area contributed by atoms with Crippen LogP contribution in [0.2, 0.25) is 0 Å². The Balaban J connectivity index is 0.00000243. The average molecular weight is 472 g/mol. The van der Waals surface area contributed by atoms with Gasteiger partial charge in [-0.2, -0.15) is 0 Å². The highest BCUT2D eigenvalue weighted by atomic mass is 127. The molecule has 1 aromatic heterocycles. The minimum absolute atomic E-state index is 0. The maximum atomic E-state index is 6.02. The minimum atomic E-state index is 0. The topological polar surface area (TPSA) is 99.6 Å². The number of aliphatic imine (C=N–C) groups is 1. The molecule has 1 aliphatic heterocycles. The van der Waals surface area contributed by atoms with Crippen LogP contribution in [0.15, 0.2) is 23.2 Å². The minimum Gasteiger partial charge on any atom is -0.493 e. The summed E-state index contributed by atoms with van der Waals surface area (Å²) in [4.78, 5) is 4.49. The molecule has 0 radical (unpaired) electrons. The van der Waals surface area contributed by atoms with Crippen LogP contribution in [0.1, 0.15) is 18.1 Å². The molecular weight excluding hydrogens is 447 g/mol. The smallest absolute Gasteiger partial charge is 0.193 e. The Bertz CT molecular complexity index is 777. The largest absolute Gasteiger partial charge is 0.493 e. The van der Waals surface area contributed by atoms with Crippen molar-refractivity contribution in [3.8, 4) is 11.5 Å². The molecule has 0 aliphatic carbocycles. The third kappa shape index (κ3) is 4.57. The van der Waals surface area contributed by atoms with Gasteiger partial charge in [0.2, 0.25) is 0 Å². The first-order valence-corrected chi connectivity index (χ1v) is 8.28. The third-order valence-electron chi connectivity index (χ3n) is 4.41. The summed E-state index contributed by atoms with van der Waals surface area (Å²) in [5.74, 6) is 4.16. The van der Waals surface area contributed by atoms with Gasteiger partial charge < -0.3 is 25.1 Å². The molecule has 1 aromatic carbocycles. The number of aromatic nitrogens is 3. The average Bonchev–Trinajstić information content (AvgIpc) is 3.00. The van der Waals surface area contributed by atoms with E-state index in [-0.39, 0.29) is 24.0 Å². The molecule has 0 fully saturated rings. The molecule has 0 amide bonds. The number of nitrogens with zero attached hydrogens (tertiary/aromatic N) is 4. The van der Waals surface area contributed by atoms with E-state index in [0.29, 0.717) is 29.9 Å². The second kappa shape index (κ2) is 9.06. The predicted octanol–water partition coefficient (Wildman–Crippen LogP) is 2.21. The summed E-state index contributed by atoms with van der Waals surface area (Å²) in [6.45, 7) is 3.54. The van der Waals surface area contributed by atoms with Crippen LogP contribution in [0.4, 0.5) is 5.69 Å². The molecule has 26 heavy (non-hydrogen) atoms. The van der Waals surface area contributed by atoms with Crippen molar-refractivity contribution >= 4 is 35.6 Å². The van der Waals surface area contributed by atoms with Crippen molar-refractivity contribution in [2.24, 2.45) is 16.6 Å². The van der Waals surface area contributed by atoms with Crippen LogP contribution in [0.3, 0.4) is 0 Å². The molecule has 0 bridgehead atoms. The maximum absolute atomic E-state index is 6.02. The molecule has 8 nitrogen and oxygen atoms in total. The Morgan fingerprint density at radius 2 is 2.08 bits per heavy atom. The highest BCUT2D eigenvalue weighted by molar-refractivity contribution is 14.0. The number of guanidine groups is 1. The number of anilines is 1. The number of benzene rings is 1. The number of nitrogens with two attached hydrogens (primary N) is 1. The molecule has 142 valence electrons. The summed E-state index contributed by atoms with van der Waals surface area (Å²) < 4.78 is 12.7. The summed E-state index contributed by atoms with van der Waals surface area (Å²) in [5.41, 5.74) is 6.83. The van der Waals surface area contributed by atoms with Crippen molar-refractivity contribution in [3.05, 3.63) is 29.8 Å². The van der Waals surface area contributed by atoms with E-state index < -0.39 is 0 Å². The van der Waals surface area contributed by atoms with Gasteiger partial charge in [-0.25, -0.2) is 0 Å². The number of halogens is 1. The lowest BCUT2D eigenvalue weighted by Gasteiger charge is -2.22. The standard InChI is InChI=1S/C17H24N6O2.HI/c1-11-21-22-16-7-4-12(10-23(11)16)9-19-17(18)20-13-5-6-14(24-2)15(8-13)25-3;/h5-6,8,12H,4,7,9-10H2,1-3H3,(H3,18,19,20);1H. The molecule has 3 rings (SSSR count). The quantitative estimate of drug-likeness (QED) is 0.394. The highest BCUT2D eigenvalue weighted by Crippen LogP contribution is 2.29. The highest BCUT2D eigenvalue weighted by Gasteiger charge is 2.21. The van der Waals surface area contributed by atoms with Gasteiger partial charge in [0.1, 0.15) is 11.6 Å². The van der Waals surface area contributed by atoms with Gasteiger partial charge in [-0.15, -0.1) is 34.2 Å². The van der Waals surface area contributed by atoms with E-state index in [1.165, 1.54) is 0 Å². The molecule has 1 aliphatic rings. The number of fused-ring (bicyclic) bond motifs is 1. The first-order chi connectivity index (χ1) is 12.1. The summed E-state index contributed by atoms with van der Waals surface area (Å²) in [6.07, 6.45) is 1.98. The van der Waals surface area contributed by atoms with Crippen LogP contribution in [-0.2, 0) is 13.0 Å². The van der Waals surface area contributed by atoms with Crippen LogP contribution in [0.25, 0.3) is 0 Å². The molecule has 0 saturated heterocycles. The number of hydrogen-bond acceptors (Lipinski definition) is 5. The second-order valence-corrected chi connectivity index (χ2v) is 6.10. The van der Waals surface area contributed by atoms with E-state index in [0.717, 1.165) is 36.7 Å². The van der Waals surface area contributed by atoms with Gasteiger partial charge in [0.05, 0.1) is 14.2 Å². The lowest BCUT2D eigenvalue weighted by molar-refractivity contribution is 0.355. The number of methoxy groups -OCH3 is 2. The van der Waals surface area contributed by atoms with E-state index >= 15 is 0 Å². The normalized spacial score (nSPS) is 16.4. The van der Waals surface area contributed by atoms with E-state index in [1.807, 2.05) is 25.1 Å². The fourth-order valence-corrected chi connectivity index (χ4v) is 3.01. The molecular formula is C17H25IN6O2. The van der Waals surface area contributed by atoms with Crippen molar-refractivity contribution in [2.45, 2.75) is 26.3 Å². The van der Waals surface area contributed by atoms with E-state index in [9.17, 15) is 0 Å². The van der Waals surface area contributed by atoms with Crippen molar-refractivity contribution in [3.63, 3.8) is 0 Å². The Morgan fingerprint density at radius 1 is 1.31 bits per heavy atom. The molecule has 0 saturated carbocycles. The van der Waals surface area contributed by atoms with Crippen molar-refractivity contribution in [1.82, 2.24) is 14.8 Å². The van der Waals surface area contributed by atoms with E-state index in [2.05, 4.69) is 25.1 Å². The Labute approximate surface area is 170 Å². The van der Waals surface area contributed by atoms with Gasteiger partial charge in [-0.05, 0) is 31.4 Å². The maximum Gasteiger partial charge on any atom is 0.193 e. The Kier molecular flexibility index (Phi) is 7.06. The monoisotopic (exact) mass is 472 g/mol. The Hall–Kier alpha value is -2.04. The van der Waals surface area contributed by atoms with Crippen LogP contribution < -0.4 is 20.5 Å². The van der Waals surface area contributed by atoms with Crippen LogP contribution in [0, 0.1) is 12.8 Å². The SMILES string of the molecule is COc1ccc(NC(N)=NCC2CCc3nnc(C)n3C2)cc1OC.I. The summed E-state index contributed by atoms with van der Waals surface area (Å²) in [6, 6.07) is 5.53. The van der Waals surface area contributed by atoms with E-state index in [1.54, 1.807) is 14.2 Å². The number of nitrogens with one attached hydrogen (secondary N) is 1. The molecule has 1 unspecified atom stereocenters. The lowest BCUT2D eigenvalue weighted by Crippen LogP contribution is -2.27. The third-order valence-corrected chi connectivity index (χ3v) is 4.41. The van der Waals surface area contributed by atoms with Gasteiger partial charge in [-0.3, -0.25) is 4.99 Å². The van der Waals surface area contributed by atoms with Crippen LogP contribution >= 0.6 is 24.0 Å².